The summed E-state index contributed by atoms with van der Waals surface area (Å²) in [7, 11) is 1.70. The summed E-state index contributed by atoms with van der Waals surface area (Å²) < 4.78 is 8.22. The number of aryl methyl sites for hydroxylation is 1. The van der Waals surface area contributed by atoms with Crippen LogP contribution in [0.2, 0.25) is 0 Å². The van der Waals surface area contributed by atoms with Gasteiger partial charge in [0, 0.05) is 24.4 Å². The molecule has 0 aliphatic carbocycles. The van der Waals surface area contributed by atoms with Gasteiger partial charge in [-0.1, -0.05) is 49.1 Å². The molecule has 1 fully saturated rings. The van der Waals surface area contributed by atoms with E-state index in [2.05, 4.69) is 13.0 Å². The van der Waals surface area contributed by atoms with Crippen LogP contribution in [0.5, 0.6) is 5.75 Å². The number of para-hydroxylation sites is 1. The van der Waals surface area contributed by atoms with Gasteiger partial charge < -0.3 is 4.74 Å². The highest BCUT2D eigenvalue weighted by atomic mass is 32.2. The summed E-state index contributed by atoms with van der Waals surface area (Å²) in [5, 5.41) is 4.85. The van der Waals surface area contributed by atoms with E-state index >= 15 is 0 Å². The lowest BCUT2D eigenvalue weighted by molar-refractivity contribution is -0.121. The van der Waals surface area contributed by atoms with Crippen molar-refractivity contribution in [2.75, 3.05) is 13.7 Å². The average Bonchev–Trinajstić information content (AvgIpc) is 3.30. The van der Waals surface area contributed by atoms with Crippen molar-refractivity contribution in [3.8, 4) is 22.7 Å². The van der Waals surface area contributed by atoms with Crippen LogP contribution in [0.1, 0.15) is 24.5 Å². The second kappa shape index (κ2) is 9.08. The number of thioether (sulfide) groups is 1. The van der Waals surface area contributed by atoms with Crippen LogP contribution in [0.3, 0.4) is 0 Å². The molecule has 2 aromatic carbocycles. The monoisotopic (exact) mass is 449 g/mol. The van der Waals surface area contributed by atoms with E-state index < -0.39 is 0 Å². The molecule has 2 heterocycles. The molecule has 1 aliphatic heterocycles. The van der Waals surface area contributed by atoms with Gasteiger partial charge in [0.25, 0.3) is 5.91 Å². The first-order valence-electron chi connectivity index (χ1n) is 10.1. The number of rotatable bonds is 6. The fraction of sp³-hybridized carbons (Fsp3) is 0.208. The van der Waals surface area contributed by atoms with Gasteiger partial charge in [-0.2, -0.15) is 5.10 Å². The van der Waals surface area contributed by atoms with Crippen LogP contribution in [-0.4, -0.2) is 38.6 Å². The number of amides is 1. The van der Waals surface area contributed by atoms with E-state index in [-0.39, 0.29) is 5.91 Å². The Morgan fingerprint density at radius 3 is 2.61 bits per heavy atom. The Bertz CT molecular complexity index is 1170. The molecule has 0 N–H and O–H groups in total. The Kier molecular flexibility index (Phi) is 6.25. The molecule has 0 unspecified atom stereocenters. The van der Waals surface area contributed by atoms with E-state index in [4.69, 9.17) is 22.1 Å². The number of thiocarbonyl (C=S) groups is 1. The molecule has 158 valence electrons. The molecule has 0 saturated carbocycles. The molecular weight excluding hydrogens is 426 g/mol. The largest absolute Gasteiger partial charge is 0.493 e. The lowest BCUT2D eigenvalue weighted by atomic mass is 10.0. The number of ether oxygens (including phenoxy) is 1. The third kappa shape index (κ3) is 4.43. The molecule has 4 rings (SSSR count). The smallest absolute Gasteiger partial charge is 0.265 e. The zero-order chi connectivity index (χ0) is 22.0. The fourth-order valence-electron chi connectivity index (χ4n) is 3.29. The standard InChI is InChI=1S/C24H23N3O2S2/c1-4-12-29-20-11-10-17(13-16(20)2)22-18(14-21-23(28)26(3)24(30)31-21)15-27(25-22)19-8-6-5-7-9-19/h5-11,13-15H,4,12H2,1-3H3/b21-14-. The number of likely N-dealkylation sites (N-methyl/N-ethyl adjacent to an activating group) is 1. The molecule has 5 nitrogen and oxygen atoms in total. The summed E-state index contributed by atoms with van der Waals surface area (Å²) in [6.07, 6.45) is 4.79. The first-order chi connectivity index (χ1) is 15.0. The quantitative estimate of drug-likeness (QED) is 0.369. The molecule has 7 heteroatoms. The van der Waals surface area contributed by atoms with Crippen LogP contribution >= 0.6 is 24.0 Å². The number of carbonyl (C=O) groups excluding carboxylic acids is 1. The van der Waals surface area contributed by atoms with Gasteiger partial charge in [0.2, 0.25) is 0 Å². The van der Waals surface area contributed by atoms with Crippen LogP contribution in [0.25, 0.3) is 23.0 Å². The highest BCUT2D eigenvalue weighted by molar-refractivity contribution is 8.26. The van der Waals surface area contributed by atoms with Gasteiger partial charge in [0.05, 0.1) is 17.2 Å². The van der Waals surface area contributed by atoms with Crippen LogP contribution in [0, 0.1) is 6.92 Å². The maximum atomic E-state index is 12.5. The zero-order valence-electron chi connectivity index (χ0n) is 17.7. The van der Waals surface area contributed by atoms with Crippen molar-refractivity contribution in [1.82, 2.24) is 14.7 Å². The second-order valence-electron chi connectivity index (χ2n) is 7.28. The number of carbonyl (C=O) groups is 1. The molecule has 0 bridgehead atoms. The minimum absolute atomic E-state index is 0.0899. The summed E-state index contributed by atoms with van der Waals surface area (Å²) >= 11 is 6.59. The Labute approximate surface area is 191 Å². The summed E-state index contributed by atoms with van der Waals surface area (Å²) in [6, 6.07) is 16.0. The van der Waals surface area contributed by atoms with E-state index in [0.717, 1.165) is 40.2 Å². The first-order valence-corrected chi connectivity index (χ1v) is 11.3. The summed E-state index contributed by atoms with van der Waals surface area (Å²) in [5.41, 5.74) is 4.63. The van der Waals surface area contributed by atoms with Gasteiger partial charge in [-0.15, -0.1) is 0 Å². The third-order valence-corrected chi connectivity index (χ3v) is 6.43. The van der Waals surface area contributed by atoms with Gasteiger partial charge in [-0.25, -0.2) is 4.68 Å². The normalized spacial score (nSPS) is 15.2. The van der Waals surface area contributed by atoms with Crippen molar-refractivity contribution < 1.29 is 9.53 Å². The molecule has 3 aromatic rings. The maximum Gasteiger partial charge on any atom is 0.265 e. The van der Waals surface area contributed by atoms with Crippen LogP contribution in [-0.2, 0) is 4.79 Å². The minimum Gasteiger partial charge on any atom is -0.493 e. The molecule has 1 aromatic heterocycles. The molecular formula is C24H23N3O2S2. The molecule has 1 saturated heterocycles. The predicted octanol–water partition coefficient (Wildman–Crippen LogP) is 5.47. The topological polar surface area (TPSA) is 47.4 Å². The van der Waals surface area contributed by atoms with Crippen molar-refractivity contribution in [2.45, 2.75) is 20.3 Å². The summed E-state index contributed by atoms with van der Waals surface area (Å²) in [6.45, 7) is 4.81. The van der Waals surface area contributed by atoms with Crippen LogP contribution in [0.4, 0.5) is 0 Å². The fourth-order valence-corrected chi connectivity index (χ4v) is 4.46. The number of aromatic nitrogens is 2. The van der Waals surface area contributed by atoms with Gasteiger partial charge >= 0.3 is 0 Å². The van der Waals surface area contributed by atoms with Gasteiger partial charge in [-0.05, 0) is 55.3 Å². The van der Waals surface area contributed by atoms with Gasteiger partial charge in [0.1, 0.15) is 15.8 Å². The third-order valence-electron chi connectivity index (χ3n) is 4.95. The lowest BCUT2D eigenvalue weighted by Crippen LogP contribution is -2.22. The van der Waals surface area contributed by atoms with Crippen molar-refractivity contribution in [2.24, 2.45) is 0 Å². The first kappa shape index (κ1) is 21.3. The SMILES string of the molecule is CCCOc1ccc(-c2nn(-c3ccccc3)cc2/C=C2\SC(=S)N(C)C2=O)cc1C. The zero-order valence-corrected chi connectivity index (χ0v) is 19.3. The van der Waals surface area contributed by atoms with Crippen molar-refractivity contribution >= 4 is 40.3 Å². The van der Waals surface area contributed by atoms with Crippen LogP contribution in [0.15, 0.2) is 59.6 Å². The molecule has 1 aliphatic rings. The Balaban J connectivity index is 1.79. The molecule has 0 radical (unpaired) electrons. The molecule has 0 atom stereocenters. The predicted molar refractivity (Wildman–Crippen MR) is 130 cm³/mol. The van der Waals surface area contributed by atoms with Gasteiger partial charge in [0.15, 0.2) is 0 Å². The molecule has 31 heavy (non-hydrogen) atoms. The lowest BCUT2D eigenvalue weighted by Gasteiger charge is -2.09. The highest BCUT2D eigenvalue weighted by Crippen LogP contribution is 2.35. The second-order valence-corrected chi connectivity index (χ2v) is 8.96. The van der Waals surface area contributed by atoms with E-state index in [9.17, 15) is 4.79 Å². The average molecular weight is 450 g/mol. The Hall–Kier alpha value is -2.90. The van der Waals surface area contributed by atoms with E-state index in [1.54, 1.807) is 7.05 Å². The molecule has 1 amide bonds. The number of hydrogen-bond acceptors (Lipinski definition) is 5. The van der Waals surface area contributed by atoms with E-state index in [1.807, 2.05) is 66.3 Å². The van der Waals surface area contributed by atoms with E-state index in [1.165, 1.54) is 16.7 Å². The molecule has 0 spiro atoms. The van der Waals surface area contributed by atoms with Crippen molar-refractivity contribution in [3.63, 3.8) is 0 Å². The number of hydrogen-bond donors (Lipinski definition) is 0. The highest BCUT2D eigenvalue weighted by Gasteiger charge is 2.29. The van der Waals surface area contributed by atoms with Crippen LogP contribution < -0.4 is 4.74 Å². The summed E-state index contributed by atoms with van der Waals surface area (Å²) in [5.74, 6) is 0.786. The Morgan fingerprint density at radius 1 is 1.19 bits per heavy atom. The maximum absolute atomic E-state index is 12.5. The Morgan fingerprint density at radius 2 is 1.97 bits per heavy atom. The van der Waals surface area contributed by atoms with E-state index in [0.29, 0.717) is 15.8 Å². The van der Waals surface area contributed by atoms with Crippen molar-refractivity contribution in [3.05, 3.63) is 70.8 Å². The number of nitrogens with zero attached hydrogens (tertiary/aromatic N) is 3. The summed E-state index contributed by atoms with van der Waals surface area (Å²) in [4.78, 5) is 14.6. The minimum atomic E-state index is -0.0899. The van der Waals surface area contributed by atoms with Gasteiger partial charge in [-0.3, -0.25) is 9.69 Å². The number of benzene rings is 2. The van der Waals surface area contributed by atoms with Crippen molar-refractivity contribution in [1.29, 1.82) is 0 Å².